The van der Waals surface area contributed by atoms with Gasteiger partial charge in [0, 0.05) is 28.6 Å². The first-order chi connectivity index (χ1) is 25.8. The van der Waals surface area contributed by atoms with Gasteiger partial charge in [0.2, 0.25) is 0 Å². The molecule has 0 unspecified atom stereocenters. The van der Waals surface area contributed by atoms with Crippen molar-refractivity contribution in [1.82, 2.24) is 0 Å². The molecule has 8 aromatic rings. The molecule has 3 aliphatic carbocycles. The maximum absolute atomic E-state index is 6.86. The minimum absolute atomic E-state index is 0.440. The van der Waals surface area contributed by atoms with Crippen LogP contribution in [0, 0.1) is 0 Å². The molecule has 2 nitrogen and oxygen atoms in total. The van der Waals surface area contributed by atoms with Crippen molar-refractivity contribution >= 4 is 34.1 Å². The molecule has 0 atom stereocenters. The summed E-state index contributed by atoms with van der Waals surface area (Å²) in [5, 5.41) is 1.12. The maximum atomic E-state index is 6.86. The first kappa shape index (κ1) is 29.1. The zero-order valence-electron chi connectivity index (χ0n) is 28.5. The van der Waals surface area contributed by atoms with Crippen molar-refractivity contribution in [1.29, 1.82) is 0 Å². The van der Waals surface area contributed by atoms with Gasteiger partial charge in [0.25, 0.3) is 0 Å². The highest BCUT2D eigenvalue weighted by molar-refractivity contribution is 6.03. The van der Waals surface area contributed by atoms with Gasteiger partial charge in [-0.2, -0.15) is 0 Å². The zero-order valence-corrected chi connectivity index (χ0v) is 28.5. The number of para-hydroxylation sites is 2. The van der Waals surface area contributed by atoms with E-state index in [1.54, 1.807) is 0 Å². The van der Waals surface area contributed by atoms with Crippen LogP contribution in [-0.2, 0) is 11.8 Å². The largest absolute Gasteiger partial charge is 0.458 e. The summed E-state index contributed by atoms with van der Waals surface area (Å²) in [7, 11) is 0. The molecule has 52 heavy (non-hydrogen) atoms. The van der Waals surface area contributed by atoms with Gasteiger partial charge in [-0.25, -0.2) is 0 Å². The molecule has 0 N–H and O–H groups in total. The van der Waals surface area contributed by atoms with Crippen LogP contribution in [0.25, 0.3) is 50.4 Å². The van der Waals surface area contributed by atoms with E-state index in [4.69, 9.17) is 4.42 Å². The summed E-state index contributed by atoms with van der Waals surface area (Å²) in [5.41, 5.74) is 17.7. The van der Waals surface area contributed by atoms with E-state index in [0.29, 0.717) is 0 Å². The van der Waals surface area contributed by atoms with E-state index >= 15 is 0 Å². The second kappa shape index (κ2) is 11.2. The van der Waals surface area contributed by atoms with Crippen molar-refractivity contribution in [2.24, 2.45) is 0 Å². The third kappa shape index (κ3) is 3.95. The Labute approximate surface area is 303 Å². The molecule has 0 saturated carbocycles. The standard InChI is InChI=1S/C50H33NO/c1-3-16-33(17-4-1)35-18-10-14-27-46(35)51(47-28-15-23-41-40-22-5-2-6-29-48(40)52-49(41)47)34-30-31-39-38-21-9-13-26-44(38)50(45(39)32-34)42-24-11-7-19-36(42)37-20-8-12-25-43(37)50/h1-28,30-32H,29H2. The monoisotopic (exact) mass is 663 g/mol. The summed E-state index contributed by atoms with van der Waals surface area (Å²) in [6.07, 6.45) is 9.33. The second-order valence-electron chi connectivity index (χ2n) is 13.9. The summed E-state index contributed by atoms with van der Waals surface area (Å²) >= 11 is 0. The molecular weight excluding hydrogens is 631 g/mol. The fourth-order valence-electron chi connectivity index (χ4n) is 9.25. The Bertz CT molecular complexity index is 2720. The van der Waals surface area contributed by atoms with E-state index in [2.05, 4.69) is 193 Å². The molecule has 0 radical (unpaired) electrons. The van der Waals surface area contributed by atoms with Gasteiger partial charge in [0.05, 0.1) is 16.8 Å². The molecule has 0 amide bonds. The van der Waals surface area contributed by atoms with Crippen LogP contribution in [0.15, 0.2) is 186 Å². The van der Waals surface area contributed by atoms with Crippen LogP contribution in [0.3, 0.4) is 0 Å². The molecule has 0 aliphatic heterocycles. The number of furan rings is 1. The quantitative estimate of drug-likeness (QED) is 0.186. The minimum atomic E-state index is -0.440. The molecule has 2 heteroatoms. The van der Waals surface area contributed by atoms with Gasteiger partial charge in [-0.1, -0.05) is 164 Å². The van der Waals surface area contributed by atoms with E-state index in [1.807, 2.05) is 0 Å². The molecule has 1 aromatic heterocycles. The summed E-state index contributed by atoms with van der Waals surface area (Å²) in [6.45, 7) is 0. The first-order valence-corrected chi connectivity index (χ1v) is 18.1. The Hall–Kier alpha value is -6.64. The van der Waals surface area contributed by atoms with Gasteiger partial charge in [0.15, 0.2) is 5.58 Å². The molecule has 1 spiro atoms. The Morgan fingerprint density at radius 1 is 0.481 bits per heavy atom. The highest BCUT2D eigenvalue weighted by Gasteiger charge is 2.51. The SMILES string of the molecule is C1=CCc2oc3c(N(c4ccc5c(c4)C4(c6ccccc6-c6ccccc64)c4ccccc4-5)c4ccccc4-c4ccccc4)cccc3c2C=C1. The Morgan fingerprint density at radius 2 is 1.08 bits per heavy atom. The van der Waals surface area contributed by atoms with Crippen LogP contribution in [0.2, 0.25) is 0 Å². The Kier molecular flexibility index (Phi) is 6.26. The molecular formula is C50H33NO. The molecule has 1 heterocycles. The van der Waals surface area contributed by atoms with Crippen LogP contribution in [0.4, 0.5) is 17.1 Å². The molecule has 11 rings (SSSR count). The van der Waals surface area contributed by atoms with Crippen LogP contribution < -0.4 is 4.90 Å². The van der Waals surface area contributed by atoms with E-state index < -0.39 is 5.41 Å². The minimum Gasteiger partial charge on any atom is -0.458 e. The van der Waals surface area contributed by atoms with Gasteiger partial charge in [0.1, 0.15) is 5.76 Å². The summed E-state index contributed by atoms with van der Waals surface area (Å²) in [4.78, 5) is 2.43. The van der Waals surface area contributed by atoms with E-state index in [-0.39, 0.29) is 0 Å². The third-order valence-electron chi connectivity index (χ3n) is 11.3. The lowest BCUT2D eigenvalue weighted by Gasteiger charge is -2.32. The van der Waals surface area contributed by atoms with Gasteiger partial charge in [-0.15, -0.1) is 0 Å². The van der Waals surface area contributed by atoms with Gasteiger partial charge in [-0.05, 0) is 74.3 Å². The second-order valence-corrected chi connectivity index (χ2v) is 13.9. The number of fused-ring (bicyclic) bond motifs is 13. The number of allylic oxidation sites excluding steroid dienone is 3. The number of nitrogens with zero attached hydrogens (tertiary/aromatic N) is 1. The van der Waals surface area contributed by atoms with E-state index in [1.165, 1.54) is 50.1 Å². The van der Waals surface area contributed by atoms with E-state index in [9.17, 15) is 0 Å². The number of rotatable bonds is 4. The average Bonchev–Trinajstić information content (AvgIpc) is 3.74. The van der Waals surface area contributed by atoms with Crippen molar-refractivity contribution in [3.63, 3.8) is 0 Å². The fourth-order valence-corrected chi connectivity index (χ4v) is 9.25. The molecule has 0 saturated heterocycles. The van der Waals surface area contributed by atoms with Crippen molar-refractivity contribution in [2.45, 2.75) is 11.8 Å². The molecule has 244 valence electrons. The lowest BCUT2D eigenvalue weighted by molar-refractivity contribution is 0.565. The van der Waals surface area contributed by atoms with Crippen LogP contribution >= 0.6 is 0 Å². The topological polar surface area (TPSA) is 16.4 Å². The molecule has 7 aromatic carbocycles. The Balaban J connectivity index is 1.22. The third-order valence-corrected chi connectivity index (χ3v) is 11.3. The molecule has 3 aliphatic rings. The highest BCUT2D eigenvalue weighted by Crippen LogP contribution is 2.63. The predicted molar refractivity (Wildman–Crippen MR) is 215 cm³/mol. The normalized spacial score (nSPS) is 14.1. The van der Waals surface area contributed by atoms with E-state index in [0.717, 1.165) is 51.3 Å². The molecule has 0 bridgehead atoms. The summed E-state index contributed by atoms with van der Waals surface area (Å²) < 4.78 is 6.86. The number of hydrogen-bond donors (Lipinski definition) is 0. The lowest BCUT2D eigenvalue weighted by atomic mass is 9.70. The number of hydrogen-bond acceptors (Lipinski definition) is 2. The highest BCUT2D eigenvalue weighted by atomic mass is 16.3. The zero-order chi connectivity index (χ0) is 34.2. The predicted octanol–water partition coefficient (Wildman–Crippen LogP) is 13.0. The average molecular weight is 664 g/mol. The van der Waals surface area contributed by atoms with Gasteiger partial charge < -0.3 is 9.32 Å². The van der Waals surface area contributed by atoms with Gasteiger partial charge in [-0.3, -0.25) is 0 Å². The summed E-state index contributed by atoms with van der Waals surface area (Å²) in [5.74, 6) is 0.992. The fraction of sp³-hybridized carbons (Fsp3) is 0.0400. The smallest absolute Gasteiger partial charge is 0.158 e. The van der Waals surface area contributed by atoms with Crippen molar-refractivity contribution in [3.05, 3.63) is 216 Å². The lowest BCUT2D eigenvalue weighted by Crippen LogP contribution is -2.26. The first-order valence-electron chi connectivity index (χ1n) is 18.1. The molecule has 0 fully saturated rings. The Morgan fingerprint density at radius 3 is 1.79 bits per heavy atom. The van der Waals surface area contributed by atoms with Crippen molar-refractivity contribution in [2.75, 3.05) is 4.90 Å². The van der Waals surface area contributed by atoms with Gasteiger partial charge >= 0.3 is 0 Å². The van der Waals surface area contributed by atoms with Crippen LogP contribution in [0.5, 0.6) is 0 Å². The van der Waals surface area contributed by atoms with Crippen molar-refractivity contribution < 1.29 is 4.42 Å². The van der Waals surface area contributed by atoms with Crippen LogP contribution in [0.1, 0.15) is 33.6 Å². The van der Waals surface area contributed by atoms with Crippen molar-refractivity contribution in [3.8, 4) is 33.4 Å². The number of anilines is 3. The maximum Gasteiger partial charge on any atom is 0.158 e. The summed E-state index contributed by atoms with van der Waals surface area (Å²) in [6, 6.07) is 60.2. The van der Waals surface area contributed by atoms with Crippen LogP contribution in [-0.4, -0.2) is 0 Å². The number of benzene rings is 7.